The maximum Gasteiger partial charge on any atom is 0.123 e. The highest BCUT2D eigenvalue weighted by molar-refractivity contribution is 9.10. The first-order chi connectivity index (χ1) is 9.13. The molecule has 0 heterocycles. The van der Waals surface area contributed by atoms with Crippen molar-refractivity contribution in [1.82, 2.24) is 5.32 Å². The van der Waals surface area contributed by atoms with Crippen LogP contribution in [0, 0.1) is 6.92 Å². The molecule has 108 valence electrons. The Morgan fingerprint density at radius 1 is 1.32 bits per heavy atom. The second-order valence-electron chi connectivity index (χ2n) is 5.11. The van der Waals surface area contributed by atoms with Gasteiger partial charge < -0.3 is 10.1 Å². The highest BCUT2D eigenvalue weighted by atomic mass is 79.9. The van der Waals surface area contributed by atoms with Gasteiger partial charge in [0, 0.05) is 17.1 Å². The largest absolute Gasteiger partial charge is 0.492 e. The van der Waals surface area contributed by atoms with E-state index in [1.165, 1.54) is 31.2 Å². The van der Waals surface area contributed by atoms with Crippen molar-refractivity contribution in [2.45, 2.75) is 52.5 Å². The molecule has 1 unspecified atom stereocenters. The third-order valence-electron chi connectivity index (χ3n) is 3.24. The van der Waals surface area contributed by atoms with Gasteiger partial charge in [0.1, 0.15) is 12.4 Å². The van der Waals surface area contributed by atoms with E-state index in [4.69, 9.17) is 4.74 Å². The number of aryl methyl sites for hydroxylation is 1. The van der Waals surface area contributed by atoms with E-state index in [0.717, 1.165) is 23.4 Å². The number of ether oxygens (including phenoxy) is 1. The Bertz CT molecular complexity index is 368. The van der Waals surface area contributed by atoms with Crippen LogP contribution in [0.3, 0.4) is 0 Å². The van der Waals surface area contributed by atoms with Crippen molar-refractivity contribution < 1.29 is 4.74 Å². The van der Waals surface area contributed by atoms with Crippen molar-refractivity contribution in [3.63, 3.8) is 0 Å². The Kier molecular flexibility index (Phi) is 8.15. The molecule has 1 N–H and O–H groups in total. The van der Waals surface area contributed by atoms with Crippen LogP contribution in [0.15, 0.2) is 22.7 Å². The van der Waals surface area contributed by atoms with Crippen molar-refractivity contribution in [3.8, 4) is 5.75 Å². The maximum absolute atomic E-state index is 5.80. The Labute approximate surface area is 126 Å². The quantitative estimate of drug-likeness (QED) is 0.664. The van der Waals surface area contributed by atoms with E-state index >= 15 is 0 Å². The molecule has 0 spiro atoms. The molecule has 2 nitrogen and oxygen atoms in total. The molecule has 0 aliphatic rings. The summed E-state index contributed by atoms with van der Waals surface area (Å²) in [5, 5.41) is 3.51. The van der Waals surface area contributed by atoms with Crippen LogP contribution in [0.2, 0.25) is 0 Å². The van der Waals surface area contributed by atoms with Gasteiger partial charge in [0.05, 0.1) is 0 Å². The third kappa shape index (κ3) is 6.98. The molecule has 0 bridgehead atoms. The van der Waals surface area contributed by atoms with E-state index in [0.29, 0.717) is 6.04 Å². The van der Waals surface area contributed by atoms with Gasteiger partial charge in [0.2, 0.25) is 0 Å². The predicted octanol–water partition coefficient (Wildman–Crippen LogP) is 4.69. The van der Waals surface area contributed by atoms with Gasteiger partial charge in [0.25, 0.3) is 0 Å². The van der Waals surface area contributed by atoms with E-state index in [1.807, 2.05) is 12.1 Å². The number of hydrogen-bond acceptors (Lipinski definition) is 2. The topological polar surface area (TPSA) is 21.3 Å². The van der Waals surface area contributed by atoms with Crippen molar-refractivity contribution in [2.75, 3.05) is 13.2 Å². The van der Waals surface area contributed by atoms with Crippen molar-refractivity contribution in [2.24, 2.45) is 0 Å². The fourth-order valence-electron chi connectivity index (χ4n) is 2.00. The van der Waals surface area contributed by atoms with Crippen LogP contribution in [-0.4, -0.2) is 19.2 Å². The molecule has 1 atom stereocenters. The molecule has 0 amide bonds. The average molecular weight is 328 g/mol. The first-order valence-corrected chi connectivity index (χ1v) is 8.05. The molecule has 19 heavy (non-hydrogen) atoms. The molecular weight excluding hydrogens is 302 g/mol. The summed E-state index contributed by atoms with van der Waals surface area (Å²) in [5.74, 6) is 0.967. The molecule has 0 aliphatic carbocycles. The standard InChI is InChI=1S/C16H26BrNO/c1-4-5-6-7-14(3)18-10-11-19-16-12-15(17)9-8-13(16)2/h8-9,12,14,18H,4-7,10-11H2,1-3H3. The second kappa shape index (κ2) is 9.38. The van der Waals surface area contributed by atoms with Crippen LogP contribution in [0.1, 0.15) is 45.1 Å². The minimum absolute atomic E-state index is 0.582. The molecule has 0 radical (unpaired) electrons. The lowest BCUT2D eigenvalue weighted by Crippen LogP contribution is -2.30. The van der Waals surface area contributed by atoms with E-state index in [1.54, 1.807) is 0 Å². The van der Waals surface area contributed by atoms with Gasteiger partial charge in [-0.3, -0.25) is 0 Å². The first-order valence-electron chi connectivity index (χ1n) is 7.25. The summed E-state index contributed by atoms with van der Waals surface area (Å²) < 4.78 is 6.87. The minimum atomic E-state index is 0.582. The zero-order valence-electron chi connectivity index (χ0n) is 12.3. The summed E-state index contributed by atoms with van der Waals surface area (Å²) in [6.07, 6.45) is 5.19. The van der Waals surface area contributed by atoms with Crippen molar-refractivity contribution in [1.29, 1.82) is 0 Å². The number of rotatable bonds is 9. The normalized spacial score (nSPS) is 12.4. The zero-order valence-corrected chi connectivity index (χ0v) is 13.9. The molecule has 1 aromatic carbocycles. The summed E-state index contributed by atoms with van der Waals surface area (Å²) in [6.45, 7) is 8.18. The fourth-order valence-corrected chi connectivity index (χ4v) is 2.34. The van der Waals surface area contributed by atoms with Crippen LogP contribution in [-0.2, 0) is 0 Å². The molecule has 0 saturated heterocycles. The lowest BCUT2D eigenvalue weighted by atomic mass is 10.1. The first kappa shape index (κ1) is 16.5. The van der Waals surface area contributed by atoms with Crippen LogP contribution in [0.25, 0.3) is 0 Å². The van der Waals surface area contributed by atoms with Gasteiger partial charge in [-0.25, -0.2) is 0 Å². The molecule has 3 heteroatoms. The van der Waals surface area contributed by atoms with Gasteiger partial charge in [-0.2, -0.15) is 0 Å². The highest BCUT2D eigenvalue weighted by Crippen LogP contribution is 2.22. The smallest absolute Gasteiger partial charge is 0.123 e. The van der Waals surface area contributed by atoms with Crippen LogP contribution >= 0.6 is 15.9 Å². The SMILES string of the molecule is CCCCCC(C)NCCOc1cc(Br)ccc1C. The van der Waals surface area contributed by atoms with Crippen LogP contribution < -0.4 is 10.1 Å². The Balaban J connectivity index is 2.18. The molecule has 1 aromatic rings. The van der Waals surface area contributed by atoms with E-state index < -0.39 is 0 Å². The number of hydrogen-bond donors (Lipinski definition) is 1. The zero-order chi connectivity index (χ0) is 14.1. The molecule has 0 fully saturated rings. The minimum Gasteiger partial charge on any atom is -0.492 e. The Morgan fingerprint density at radius 2 is 2.11 bits per heavy atom. The van der Waals surface area contributed by atoms with Crippen LogP contribution in [0.5, 0.6) is 5.75 Å². The molecular formula is C16H26BrNO. The summed E-state index contributed by atoms with van der Waals surface area (Å²) >= 11 is 3.47. The summed E-state index contributed by atoms with van der Waals surface area (Å²) in [7, 11) is 0. The number of halogens is 1. The van der Waals surface area contributed by atoms with Gasteiger partial charge in [-0.1, -0.05) is 48.2 Å². The van der Waals surface area contributed by atoms with Gasteiger partial charge in [-0.15, -0.1) is 0 Å². The lowest BCUT2D eigenvalue weighted by Gasteiger charge is -2.14. The Hall–Kier alpha value is -0.540. The Morgan fingerprint density at radius 3 is 2.84 bits per heavy atom. The lowest BCUT2D eigenvalue weighted by molar-refractivity contribution is 0.302. The maximum atomic E-state index is 5.80. The van der Waals surface area contributed by atoms with Gasteiger partial charge in [0.15, 0.2) is 0 Å². The van der Waals surface area contributed by atoms with Gasteiger partial charge >= 0.3 is 0 Å². The highest BCUT2D eigenvalue weighted by Gasteiger charge is 2.02. The summed E-state index contributed by atoms with van der Waals surface area (Å²) in [5.41, 5.74) is 1.18. The van der Waals surface area contributed by atoms with Gasteiger partial charge in [-0.05, 0) is 38.0 Å². The monoisotopic (exact) mass is 327 g/mol. The summed E-state index contributed by atoms with van der Waals surface area (Å²) in [4.78, 5) is 0. The molecule has 1 rings (SSSR count). The predicted molar refractivity (Wildman–Crippen MR) is 86.0 cm³/mol. The molecule has 0 saturated carbocycles. The van der Waals surface area contributed by atoms with Crippen molar-refractivity contribution >= 4 is 15.9 Å². The summed E-state index contributed by atoms with van der Waals surface area (Å²) in [6, 6.07) is 6.72. The fraction of sp³-hybridized carbons (Fsp3) is 0.625. The number of benzene rings is 1. The molecule has 0 aromatic heterocycles. The number of nitrogens with one attached hydrogen (secondary N) is 1. The van der Waals surface area contributed by atoms with E-state index in [2.05, 4.69) is 48.1 Å². The average Bonchev–Trinajstić information content (AvgIpc) is 2.39. The van der Waals surface area contributed by atoms with Crippen molar-refractivity contribution in [3.05, 3.63) is 28.2 Å². The van der Waals surface area contributed by atoms with E-state index in [9.17, 15) is 0 Å². The van der Waals surface area contributed by atoms with E-state index in [-0.39, 0.29) is 0 Å². The number of unbranched alkanes of at least 4 members (excludes halogenated alkanes) is 2. The van der Waals surface area contributed by atoms with Crippen LogP contribution in [0.4, 0.5) is 0 Å². The second-order valence-corrected chi connectivity index (χ2v) is 6.02. The molecule has 0 aliphatic heterocycles. The third-order valence-corrected chi connectivity index (χ3v) is 3.74.